The first-order chi connectivity index (χ1) is 9.38. The summed E-state index contributed by atoms with van der Waals surface area (Å²) in [6.07, 6.45) is 0.647. The average molecular weight is 266 g/mol. The lowest BCUT2D eigenvalue weighted by molar-refractivity contribution is 0.544. The van der Waals surface area contributed by atoms with Crippen molar-refractivity contribution in [1.82, 2.24) is 9.97 Å². The van der Waals surface area contributed by atoms with E-state index in [0.29, 0.717) is 6.42 Å². The molecule has 2 aromatic heterocycles. The minimum Gasteiger partial charge on any atom is -0.440 e. The van der Waals surface area contributed by atoms with Gasteiger partial charge in [0, 0.05) is 0 Å². The standard InChI is InChI=1S/C15H10N2OS/c1-3-7-12-10(5-1)16-14(18-12)9-15-17-11-6-2-4-8-13(11)19-15/h1-8H,9H2. The first-order valence-electron chi connectivity index (χ1n) is 6.07. The predicted octanol–water partition coefficient (Wildman–Crippen LogP) is 4.03. The van der Waals surface area contributed by atoms with Crippen LogP contribution >= 0.6 is 11.3 Å². The van der Waals surface area contributed by atoms with Gasteiger partial charge in [-0.25, -0.2) is 9.97 Å². The lowest BCUT2D eigenvalue weighted by atomic mass is 10.3. The Kier molecular flexibility index (Phi) is 2.35. The van der Waals surface area contributed by atoms with Crippen molar-refractivity contribution in [3.63, 3.8) is 0 Å². The van der Waals surface area contributed by atoms with E-state index in [1.165, 1.54) is 4.70 Å². The highest BCUT2D eigenvalue weighted by Crippen LogP contribution is 2.24. The van der Waals surface area contributed by atoms with Crippen molar-refractivity contribution < 1.29 is 4.42 Å². The van der Waals surface area contributed by atoms with Crippen LogP contribution in [0.3, 0.4) is 0 Å². The van der Waals surface area contributed by atoms with Crippen molar-refractivity contribution in [3.8, 4) is 0 Å². The third kappa shape index (κ3) is 1.90. The van der Waals surface area contributed by atoms with Crippen LogP contribution in [-0.4, -0.2) is 9.97 Å². The summed E-state index contributed by atoms with van der Waals surface area (Å²) in [4.78, 5) is 9.07. The molecular weight excluding hydrogens is 256 g/mol. The van der Waals surface area contributed by atoms with E-state index in [0.717, 1.165) is 27.5 Å². The number of hydrogen-bond acceptors (Lipinski definition) is 4. The van der Waals surface area contributed by atoms with Gasteiger partial charge in [-0.2, -0.15) is 0 Å². The average Bonchev–Trinajstić information content (AvgIpc) is 3.00. The third-order valence-electron chi connectivity index (χ3n) is 2.98. The van der Waals surface area contributed by atoms with Crippen LogP contribution in [0.5, 0.6) is 0 Å². The van der Waals surface area contributed by atoms with Crippen molar-refractivity contribution in [2.45, 2.75) is 6.42 Å². The summed E-state index contributed by atoms with van der Waals surface area (Å²) in [5.41, 5.74) is 2.77. The molecule has 3 nitrogen and oxygen atoms in total. The Labute approximate surface area is 113 Å². The fourth-order valence-electron chi connectivity index (χ4n) is 2.12. The zero-order valence-electron chi connectivity index (χ0n) is 10.0. The van der Waals surface area contributed by atoms with Gasteiger partial charge in [-0.15, -0.1) is 11.3 Å². The fourth-order valence-corrected chi connectivity index (χ4v) is 3.08. The van der Waals surface area contributed by atoms with Crippen LogP contribution in [0.1, 0.15) is 10.9 Å². The van der Waals surface area contributed by atoms with Crippen LogP contribution in [0, 0.1) is 0 Å². The van der Waals surface area contributed by atoms with Gasteiger partial charge >= 0.3 is 0 Å². The Morgan fingerprint density at radius 2 is 1.68 bits per heavy atom. The Morgan fingerprint density at radius 1 is 0.895 bits per heavy atom. The van der Waals surface area contributed by atoms with Gasteiger partial charge in [0.15, 0.2) is 5.58 Å². The molecule has 0 unspecified atom stereocenters. The molecule has 0 amide bonds. The number of nitrogens with zero attached hydrogens (tertiary/aromatic N) is 2. The highest BCUT2D eigenvalue weighted by Gasteiger charge is 2.09. The SMILES string of the molecule is c1ccc2oc(Cc3nc4ccccc4s3)nc2c1. The summed E-state index contributed by atoms with van der Waals surface area (Å²) in [6, 6.07) is 16.0. The van der Waals surface area contributed by atoms with E-state index >= 15 is 0 Å². The zero-order valence-corrected chi connectivity index (χ0v) is 10.9. The molecule has 0 aliphatic carbocycles. The lowest BCUT2D eigenvalue weighted by Gasteiger charge is -1.88. The fraction of sp³-hybridized carbons (Fsp3) is 0.0667. The number of rotatable bonds is 2. The first kappa shape index (κ1) is 10.7. The van der Waals surface area contributed by atoms with E-state index in [9.17, 15) is 0 Å². The number of thiazole rings is 1. The first-order valence-corrected chi connectivity index (χ1v) is 6.89. The molecular formula is C15H10N2OS. The zero-order chi connectivity index (χ0) is 12.7. The van der Waals surface area contributed by atoms with E-state index in [4.69, 9.17) is 4.42 Å². The van der Waals surface area contributed by atoms with E-state index in [1.54, 1.807) is 11.3 Å². The molecule has 92 valence electrons. The van der Waals surface area contributed by atoms with Crippen LogP contribution in [0.2, 0.25) is 0 Å². The van der Waals surface area contributed by atoms with E-state index < -0.39 is 0 Å². The molecule has 0 saturated heterocycles. The lowest BCUT2D eigenvalue weighted by Crippen LogP contribution is -1.85. The molecule has 0 bridgehead atoms. The molecule has 0 fully saturated rings. The monoisotopic (exact) mass is 266 g/mol. The molecule has 0 spiro atoms. The van der Waals surface area contributed by atoms with Crippen LogP contribution in [0.25, 0.3) is 21.3 Å². The van der Waals surface area contributed by atoms with Crippen molar-refractivity contribution in [2.24, 2.45) is 0 Å². The number of para-hydroxylation sites is 3. The Bertz CT molecular complexity index is 724. The number of aromatic nitrogens is 2. The molecule has 2 heterocycles. The maximum Gasteiger partial charge on any atom is 0.202 e. The topological polar surface area (TPSA) is 38.9 Å². The predicted molar refractivity (Wildman–Crippen MR) is 76.4 cm³/mol. The Balaban J connectivity index is 1.73. The van der Waals surface area contributed by atoms with E-state index in [2.05, 4.69) is 16.0 Å². The van der Waals surface area contributed by atoms with Crippen LogP contribution in [-0.2, 0) is 6.42 Å². The highest BCUT2D eigenvalue weighted by molar-refractivity contribution is 7.18. The molecule has 4 aromatic rings. The number of fused-ring (bicyclic) bond motifs is 2. The molecule has 0 radical (unpaired) electrons. The Hall–Kier alpha value is -2.20. The summed E-state index contributed by atoms with van der Waals surface area (Å²) in [5, 5.41) is 1.03. The highest BCUT2D eigenvalue weighted by atomic mass is 32.1. The van der Waals surface area contributed by atoms with Gasteiger partial charge in [-0.3, -0.25) is 0 Å². The van der Waals surface area contributed by atoms with Gasteiger partial charge in [0.2, 0.25) is 5.89 Å². The van der Waals surface area contributed by atoms with E-state index in [-0.39, 0.29) is 0 Å². The van der Waals surface area contributed by atoms with Crippen molar-refractivity contribution >= 4 is 32.7 Å². The van der Waals surface area contributed by atoms with Crippen molar-refractivity contribution in [2.75, 3.05) is 0 Å². The van der Waals surface area contributed by atoms with Crippen molar-refractivity contribution in [1.29, 1.82) is 0 Å². The molecule has 4 heteroatoms. The summed E-state index contributed by atoms with van der Waals surface area (Å²) in [5.74, 6) is 0.722. The second-order valence-electron chi connectivity index (χ2n) is 4.33. The van der Waals surface area contributed by atoms with Crippen LogP contribution in [0.4, 0.5) is 0 Å². The summed E-state index contributed by atoms with van der Waals surface area (Å²) < 4.78 is 6.93. The normalized spacial score (nSPS) is 11.4. The molecule has 0 aliphatic rings. The van der Waals surface area contributed by atoms with Gasteiger partial charge in [0.25, 0.3) is 0 Å². The van der Waals surface area contributed by atoms with Gasteiger partial charge < -0.3 is 4.42 Å². The maximum atomic E-state index is 5.72. The minimum absolute atomic E-state index is 0.647. The molecule has 19 heavy (non-hydrogen) atoms. The number of hydrogen-bond donors (Lipinski definition) is 0. The third-order valence-corrected chi connectivity index (χ3v) is 4.02. The minimum atomic E-state index is 0.647. The van der Waals surface area contributed by atoms with Crippen LogP contribution in [0.15, 0.2) is 52.9 Å². The summed E-state index contributed by atoms with van der Waals surface area (Å²) >= 11 is 1.69. The quantitative estimate of drug-likeness (QED) is 0.550. The summed E-state index contributed by atoms with van der Waals surface area (Å²) in [7, 11) is 0. The van der Waals surface area contributed by atoms with Gasteiger partial charge in [0.05, 0.1) is 16.6 Å². The molecule has 0 saturated carbocycles. The molecule has 0 N–H and O–H groups in total. The van der Waals surface area contributed by atoms with Gasteiger partial charge in [0.1, 0.15) is 10.5 Å². The van der Waals surface area contributed by atoms with Crippen LogP contribution < -0.4 is 0 Å². The largest absolute Gasteiger partial charge is 0.440 e. The molecule has 2 aromatic carbocycles. The molecule has 4 rings (SSSR count). The van der Waals surface area contributed by atoms with E-state index in [1.807, 2.05) is 42.5 Å². The number of oxazole rings is 1. The van der Waals surface area contributed by atoms with Gasteiger partial charge in [-0.1, -0.05) is 24.3 Å². The number of benzene rings is 2. The summed E-state index contributed by atoms with van der Waals surface area (Å²) in [6.45, 7) is 0. The smallest absolute Gasteiger partial charge is 0.202 e. The Morgan fingerprint density at radius 3 is 2.53 bits per heavy atom. The second kappa shape index (κ2) is 4.17. The molecule has 0 aliphatic heterocycles. The van der Waals surface area contributed by atoms with Crippen molar-refractivity contribution in [3.05, 3.63) is 59.4 Å². The maximum absolute atomic E-state index is 5.72. The second-order valence-corrected chi connectivity index (χ2v) is 5.44. The molecule has 0 atom stereocenters. The van der Waals surface area contributed by atoms with Gasteiger partial charge in [-0.05, 0) is 24.3 Å².